The van der Waals surface area contributed by atoms with Crippen LogP contribution < -0.4 is 0 Å². The average Bonchev–Trinajstić information content (AvgIpc) is 0.670. The first-order valence-corrected chi connectivity index (χ1v) is 36.2. The van der Waals surface area contributed by atoms with Crippen LogP contribution in [0.25, 0.3) is 6.08 Å². The minimum atomic E-state index is -1.99. The van der Waals surface area contributed by atoms with E-state index in [2.05, 4.69) is 46.8 Å². The molecule has 28 heteroatoms. The first kappa shape index (κ1) is 78.6. The maximum atomic E-state index is 16.1. The summed E-state index contributed by atoms with van der Waals surface area (Å²) < 4.78 is 63.0. The first-order chi connectivity index (χ1) is 47.9. The molecule has 102 heavy (non-hydrogen) atoms. The van der Waals surface area contributed by atoms with E-state index in [1.165, 1.54) is 6.08 Å². The molecular formula is C74H108O28. The summed E-state index contributed by atoms with van der Waals surface area (Å²) in [7, 11) is 0. The zero-order valence-corrected chi connectivity index (χ0v) is 59.6. The van der Waals surface area contributed by atoms with Crippen molar-refractivity contribution < 1.29 is 138 Å². The summed E-state index contributed by atoms with van der Waals surface area (Å²) in [6.07, 6.45) is -28.3. The second-order valence-corrected chi connectivity index (χ2v) is 33.1. The third-order valence-corrected chi connectivity index (χ3v) is 26.3. The van der Waals surface area contributed by atoms with Gasteiger partial charge >= 0.3 is 23.9 Å². The molecule has 3 heterocycles. The lowest BCUT2D eigenvalue weighted by Gasteiger charge is -2.72. The van der Waals surface area contributed by atoms with Crippen LogP contribution in [0.1, 0.15) is 144 Å². The number of hydrogen-bond donors (Lipinski definition) is 13. The van der Waals surface area contributed by atoms with E-state index in [0.717, 1.165) is 18.8 Å². The molecule has 0 radical (unpaired) electrons. The Morgan fingerprint density at radius 1 is 0.627 bits per heavy atom. The number of allylic oxidation sites excluding steroid dienone is 2. The monoisotopic (exact) mass is 1440 g/mol. The molecule has 6 saturated carbocycles. The zero-order chi connectivity index (χ0) is 74.4. The number of carboxylic acids is 1. The molecule has 0 bridgehead atoms. The van der Waals surface area contributed by atoms with Crippen LogP contribution in [-0.2, 0) is 71.3 Å². The molecule has 3 saturated heterocycles. The fraction of sp³-hybridized carbons (Fsp3) is 0.797. The second kappa shape index (κ2) is 29.9. The average molecular weight is 1450 g/mol. The highest BCUT2D eigenvalue weighted by atomic mass is 16.8. The van der Waals surface area contributed by atoms with Crippen LogP contribution in [-0.4, -0.2) is 257 Å². The van der Waals surface area contributed by atoms with Crippen molar-refractivity contribution in [1.29, 1.82) is 0 Å². The quantitative estimate of drug-likeness (QED) is 0.0325. The fourth-order valence-corrected chi connectivity index (χ4v) is 20.3. The van der Waals surface area contributed by atoms with Gasteiger partial charge < -0.3 is 119 Å². The van der Waals surface area contributed by atoms with Gasteiger partial charge in [-0.2, -0.15) is 0 Å². The number of fused-ring (bicyclic) bond motifs is 7. The second-order valence-electron chi connectivity index (χ2n) is 33.1. The lowest BCUT2D eigenvalue weighted by atomic mass is 9.32. The van der Waals surface area contributed by atoms with Crippen molar-refractivity contribution >= 4 is 36.2 Å². The largest absolute Gasteiger partial charge is 0.481 e. The first-order valence-electron chi connectivity index (χ1n) is 36.2. The molecule has 7 aliphatic carbocycles. The Labute approximate surface area is 593 Å². The summed E-state index contributed by atoms with van der Waals surface area (Å²) in [5, 5.41) is 144. The van der Waals surface area contributed by atoms with Crippen LogP contribution in [0.15, 0.2) is 42.5 Å². The smallest absolute Gasteiger partial charge is 0.331 e. The van der Waals surface area contributed by atoms with Gasteiger partial charge in [0.2, 0.25) is 6.29 Å². The number of aryl methyl sites for hydroxylation is 1. The lowest BCUT2D eigenvalue weighted by Crippen LogP contribution is -2.70. The predicted molar refractivity (Wildman–Crippen MR) is 354 cm³/mol. The number of carbonyl (C=O) groups excluding carboxylic acids is 4. The van der Waals surface area contributed by atoms with Crippen LogP contribution in [0.5, 0.6) is 0 Å². The van der Waals surface area contributed by atoms with Crippen LogP contribution in [0.4, 0.5) is 0 Å². The van der Waals surface area contributed by atoms with Gasteiger partial charge in [0.05, 0.1) is 73.2 Å². The number of benzene rings is 1. The van der Waals surface area contributed by atoms with Crippen LogP contribution in [0, 0.1) is 74.9 Å². The van der Waals surface area contributed by atoms with Gasteiger partial charge in [0, 0.05) is 18.9 Å². The molecule has 10 aliphatic rings. The van der Waals surface area contributed by atoms with E-state index in [1.54, 1.807) is 26.8 Å². The molecular weight excluding hydrogens is 1340 g/mol. The molecule has 13 N–H and O–H groups in total. The zero-order valence-electron chi connectivity index (χ0n) is 59.6. The summed E-state index contributed by atoms with van der Waals surface area (Å²) in [6.45, 7) is 17.5. The summed E-state index contributed by atoms with van der Waals surface area (Å²) in [4.78, 5) is 69.9. The van der Waals surface area contributed by atoms with Crippen molar-refractivity contribution in [2.75, 3.05) is 13.2 Å². The summed E-state index contributed by atoms with van der Waals surface area (Å²) in [5.41, 5.74) is -3.61. The van der Waals surface area contributed by atoms with Crippen molar-refractivity contribution in [3.8, 4) is 0 Å². The highest BCUT2D eigenvalue weighted by Crippen LogP contribution is 2.76. The predicted octanol–water partition coefficient (Wildman–Crippen LogP) is 1.44. The van der Waals surface area contributed by atoms with Crippen molar-refractivity contribution in [2.45, 2.75) is 287 Å². The molecule has 28 nitrogen and oxygen atoms in total. The van der Waals surface area contributed by atoms with Crippen molar-refractivity contribution in [2.24, 2.45) is 68.0 Å². The molecule has 0 amide bonds. The molecule has 1 aromatic carbocycles. The van der Waals surface area contributed by atoms with Gasteiger partial charge in [0.1, 0.15) is 73.4 Å². The van der Waals surface area contributed by atoms with E-state index < -0.39 is 241 Å². The van der Waals surface area contributed by atoms with Crippen LogP contribution in [0.2, 0.25) is 0 Å². The third kappa shape index (κ3) is 14.1. The molecule has 1 aromatic rings. The van der Waals surface area contributed by atoms with Gasteiger partial charge in [-0.3, -0.25) is 14.4 Å². The topological polar surface area (TPSA) is 441 Å². The van der Waals surface area contributed by atoms with Gasteiger partial charge in [0.15, 0.2) is 30.9 Å². The molecule has 11 rings (SSSR count). The number of aliphatic carboxylic acids is 1. The Morgan fingerprint density at radius 2 is 1.30 bits per heavy atom. The fourth-order valence-electron chi connectivity index (χ4n) is 20.3. The lowest BCUT2D eigenvalue weighted by molar-refractivity contribution is -0.358. The number of carbonyl (C=O) groups is 5. The van der Waals surface area contributed by atoms with Crippen LogP contribution in [0.3, 0.4) is 0 Å². The Balaban J connectivity index is 0.895. The molecule has 0 aromatic heterocycles. The van der Waals surface area contributed by atoms with E-state index in [9.17, 15) is 85.6 Å². The SMILES string of the molecule is CC(=O)OC1C(OC(=O)/C=C/c2ccc(C)cc2)C(C)OC(OC(=O)[C@]23CCC(C)(C)C[C@H]2C2C=C[C@@H]4[C@@]5(C)CC[C@H](OC6CC(CC(=O)O)C(O)C(OC7OCC(O)C(O)C7O)C6OC6OC(CO)C(O)C(O)C6O)[C@@](C)(C=O)[C@@H]5CC[C@@]4(C)[C@]2(C)C[C@H]3O)C1OC1CC(C)C(O)C(O)C1O. The van der Waals surface area contributed by atoms with Gasteiger partial charge in [0.25, 0.3) is 0 Å². The van der Waals surface area contributed by atoms with E-state index in [-0.39, 0.29) is 49.4 Å². The van der Waals surface area contributed by atoms with E-state index in [0.29, 0.717) is 37.7 Å². The third-order valence-electron chi connectivity index (χ3n) is 26.3. The normalized spacial score (nSPS) is 49.2. The van der Waals surface area contributed by atoms with E-state index >= 15 is 4.79 Å². The number of aliphatic hydroxyl groups excluding tert-OH is 12. The number of esters is 3. The minimum Gasteiger partial charge on any atom is -0.481 e. The van der Waals surface area contributed by atoms with Crippen LogP contribution >= 0.6 is 0 Å². The van der Waals surface area contributed by atoms with Crippen molar-refractivity contribution in [3.05, 3.63) is 53.6 Å². The Bertz CT molecular complexity index is 3220. The van der Waals surface area contributed by atoms with E-state index in [1.807, 2.05) is 31.2 Å². The maximum Gasteiger partial charge on any atom is 0.331 e. The highest BCUT2D eigenvalue weighted by molar-refractivity contribution is 5.87. The highest BCUT2D eigenvalue weighted by Gasteiger charge is 2.74. The van der Waals surface area contributed by atoms with Gasteiger partial charge in [-0.25, -0.2) is 4.79 Å². The number of hydrogen-bond acceptors (Lipinski definition) is 27. The number of rotatable bonds is 18. The van der Waals surface area contributed by atoms with E-state index in [4.69, 9.17) is 47.4 Å². The Kier molecular flexibility index (Phi) is 23.0. The molecule has 3 aliphatic heterocycles. The summed E-state index contributed by atoms with van der Waals surface area (Å²) >= 11 is 0. The maximum absolute atomic E-state index is 16.1. The van der Waals surface area contributed by atoms with Crippen molar-refractivity contribution in [3.63, 3.8) is 0 Å². The molecule has 25 unspecified atom stereocenters. The molecule has 35 atom stereocenters. The molecule has 9 fully saturated rings. The number of ether oxygens (including phenoxy) is 10. The number of aliphatic hydroxyl groups is 12. The minimum absolute atomic E-state index is 0.0190. The number of aldehydes is 1. The van der Waals surface area contributed by atoms with Gasteiger partial charge in [-0.15, -0.1) is 0 Å². The standard InChI is InChI=1S/C74H108O28/c1-33-11-13-37(14-12-33)15-18-50(82)99-60-35(3)94-67(64(63(60)95-36(4)77)97-42-25-34(2)51(83)56(88)54(42)86)102-68(92)74-24-23-69(5,6)28-40(74)39-16-17-46-70(7)21-20-48(71(8,32-76)45(70)19-22-72(46,9)73(39,10)29-47(74)79)96-43-26-38(27-49(80)81)52(84)62(101-65-58(90)53(85)41(78)31-93-65)61(43)100-66-59(91)57(89)55(87)44(30-75)98-66/h11-18,32,34-35,38-48,51-67,75,78-79,83-91H,19-31H2,1-10H3,(H,80,81)/b18-15+/t34?,35?,38?,39?,40-,41?,42?,43?,44?,45+,46+,47+,48-,51?,52?,53?,54?,55?,56?,57?,58?,59?,60?,61?,62?,63?,64?,65?,66?,67?,70-,71-,72+,73+,74+/m0/s1. The molecule has 0 spiro atoms. The van der Waals surface area contributed by atoms with Crippen molar-refractivity contribution in [1.82, 2.24) is 0 Å². The Morgan fingerprint density at radius 3 is 1.97 bits per heavy atom. The number of carboxylic acid groups (broad SMARTS) is 1. The van der Waals surface area contributed by atoms with Gasteiger partial charge in [-0.05, 0) is 141 Å². The molecule has 572 valence electrons. The summed E-state index contributed by atoms with van der Waals surface area (Å²) in [6, 6.07) is 7.37. The summed E-state index contributed by atoms with van der Waals surface area (Å²) in [5.74, 6) is -7.21. The van der Waals surface area contributed by atoms with Gasteiger partial charge in [-0.1, -0.05) is 90.4 Å². The Hall–Kier alpha value is -4.51.